The SMILES string of the molecule is O=C(NCCC1CCCC1)C1NCCc2ccccc21. The summed E-state index contributed by atoms with van der Waals surface area (Å²) in [6.07, 6.45) is 7.59. The van der Waals surface area contributed by atoms with Gasteiger partial charge in [-0.25, -0.2) is 0 Å². The van der Waals surface area contributed by atoms with E-state index in [9.17, 15) is 4.79 Å². The number of amides is 1. The fourth-order valence-electron chi connectivity index (χ4n) is 3.54. The normalized spacial score (nSPS) is 22.5. The highest BCUT2D eigenvalue weighted by Crippen LogP contribution is 2.27. The van der Waals surface area contributed by atoms with Crippen molar-refractivity contribution in [3.8, 4) is 0 Å². The van der Waals surface area contributed by atoms with Gasteiger partial charge in [0.05, 0.1) is 0 Å². The number of hydrogen-bond donors (Lipinski definition) is 2. The van der Waals surface area contributed by atoms with E-state index in [0.29, 0.717) is 0 Å². The average molecular weight is 272 g/mol. The van der Waals surface area contributed by atoms with Gasteiger partial charge < -0.3 is 10.6 Å². The monoisotopic (exact) mass is 272 g/mol. The Morgan fingerprint density at radius 1 is 1.25 bits per heavy atom. The molecule has 108 valence electrons. The Morgan fingerprint density at radius 3 is 2.90 bits per heavy atom. The van der Waals surface area contributed by atoms with E-state index >= 15 is 0 Å². The molecule has 1 atom stereocenters. The summed E-state index contributed by atoms with van der Waals surface area (Å²) >= 11 is 0. The number of carbonyl (C=O) groups is 1. The van der Waals surface area contributed by atoms with Gasteiger partial charge in [-0.1, -0.05) is 49.9 Å². The molecule has 3 nitrogen and oxygen atoms in total. The first-order valence-corrected chi connectivity index (χ1v) is 7.93. The molecule has 2 N–H and O–H groups in total. The van der Waals surface area contributed by atoms with Crippen LogP contribution in [0.1, 0.15) is 49.3 Å². The molecule has 0 saturated heterocycles. The second-order valence-corrected chi connectivity index (χ2v) is 6.07. The third-order valence-corrected chi connectivity index (χ3v) is 4.70. The van der Waals surface area contributed by atoms with Gasteiger partial charge in [0.2, 0.25) is 5.91 Å². The summed E-state index contributed by atoms with van der Waals surface area (Å²) in [5.41, 5.74) is 2.46. The Balaban J connectivity index is 1.55. The van der Waals surface area contributed by atoms with E-state index in [1.807, 2.05) is 6.07 Å². The number of fused-ring (bicyclic) bond motifs is 1. The summed E-state index contributed by atoms with van der Waals surface area (Å²) in [5.74, 6) is 0.969. The van der Waals surface area contributed by atoms with Gasteiger partial charge in [0.25, 0.3) is 0 Å². The summed E-state index contributed by atoms with van der Waals surface area (Å²) in [6.45, 7) is 1.71. The molecule has 0 bridgehead atoms. The van der Waals surface area contributed by atoms with Gasteiger partial charge >= 0.3 is 0 Å². The van der Waals surface area contributed by atoms with E-state index < -0.39 is 0 Å². The Hall–Kier alpha value is -1.35. The minimum absolute atomic E-state index is 0.134. The zero-order chi connectivity index (χ0) is 13.8. The Morgan fingerprint density at radius 2 is 2.05 bits per heavy atom. The van der Waals surface area contributed by atoms with Crippen molar-refractivity contribution in [2.24, 2.45) is 5.92 Å². The molecule has 1 unspecified atom stereocenters. The molecule has 2 aliphatic rings. The van der Waals surface area contributed by atoms with Crippen molar-refractivity contribution < 1.29 is 4.79 Å². The van der Waals surface area contributed by atoms with Crippen molar-refractivity contribution in [1.29, 1.82) is 0 Å². The van der Waals surface area contributed by atoms with Crippen molar-refractivity contribution in [3.05, 3.63) is 35.4 Å². The van der Waals surface area contributed by atoms with Crippen molar-refractivity contribution in [2.75, 3.05) is 13.1 Å². The smallest absolute Gasteiger partial charge is 0.241 e. The van der Waals surface area contributed by atoms with E-state index in [4.69, 9.17) is 0 Å². The molecular formula is C17H24N2O. The molecule has 1 aromatic rings. The van der Waals surface area contributed by atoms with Crippen LogP contribution in [0.4, 0.5) is 0 Å². The molecule has 3 heteroatoms. The predicted octanol–water partition coefficient (Wildman–Crippen LogP) is 2.57. The van der Waals surface area contributed by atoms with Crippen LogP contribution in [0.15, 0.2) is 24.3 Å². The number of rotatable bonds is 4. The van der Waals surface area contributed by atoms with Crippen LogP contribution in [0.5, 0.6) is 0 Å². The van der Waals surface area contributed by atoms with Crippen LogP contribution in [0.3, 0.4) is 0 Å². The van der Waals surface area contributed by atoms with Crippen LogP contribution in [-0.4, -0.2) is 19.0 Å². The lowest BCUT2D eigenvalue weighted by Gasteiger charge is -2.26. The van der Waals surface area contributed by atoms with E-state index in [0.717, 1.165) is 37.4 Å². The van der Waals surface area contributed by atoms with Crippen LogP contribution in [-0.2, 0) is 11.2 Å². The first-order chi connectivity index (χ1) is 9.84. The van der Waals surface area contributed by atoms with Crippen LogP contribution >= 0.6 is 0 Å². The van der Waals surface area contributed by atoms with Crippen molar-refractivity contribution in [3.63, 3.8) is 0 Å². The highest BCUT2D eigenvalue weighted by molar-refractivity contribution is 5.83. The average Bonchev–Trinajstić information content (AvgIpc) is 3.00. The molecule has 1 aliphatic heterocycles. The lowest BCUT2D eigenvalue weighted by Crippen LogP contribution is -2.41. The highest BCUT2D eigenvalue weighted by Gasteiger charge is 2.25. The third kappa shape index (κ3) is 3.04. The van der Waals surface area contributed by atoms with E-state index in [2.05, 4.69) is 28.8 Å². The number of carbonyl (C=O) groups excluding carboxylic acids is 1. The van der Waals surface area contributed by atoms with E-state index in [1.165, 1.54) is 31.2 Å². The van der Waals surface area contributed by atoms with Gasteiger partial charge in [-0.05, 0) is 29.9 Å². The fourth-order valence-corrected chi connectivity index (χ4v) is 3.54. The summed E-state index contributed by atoms with van der Waals surface area (Å²) in [4.78, 5) is 12.4. The molecule has 0 aromatic heterocycles. The van der Waals surface area contributed by atoms with E-state index in [-0.39, 0.29) is 11.9 Å². The molecule has 20 heavy (non-hydrogen) atoms. The molecule has 1 saturated carbocycles. The topological polar surface area (TPSA) is 41.1 Å². The van der Waals surface area contributed by atoms with Gasteiger partial charge in [-0.2, -0.15) is 0 Å². The largest absolute Gasteiger partial charge is 0.354 e. The van der Waals surface area contributed by atoms with Gasteiger partial charge in [0.15, 0.2) is 0 Å². The highest BCUT2D eigenvalue weighted by atomic mass is 16.2. The van der Waals surface area contributed by atoms with Crippen LogP contribution in [0.2, 0.25) is 0 Å². The van der Waals surface area contributed by atoms with Gasteiger partial charge in [0.1, 0.15) is 6.04 Å². The fraction of sp³-hybridized carbons (Fsp3) is 0.588. The van der Waals surface area contributed by atoms with Crippen LogP contribution in [0.25, 0.3) is 0 Å². The summed E-state index contributed by atoms with van der Waals surface area (Å²) in [5, 5.41) is 6.46. The Bertz CT molecular complexity index is 466. The molecule has 1 aromatic carbocycles. The standard InChI is InChI=1S/C17H24N2O/c20-17(19-11-9-13-5-1-2-6-13)16-15-8-4-3-7-14(15)10-12-18-16/h3-4,7-8,13,16,18H,1-2,5-6,9-12H2,(H,19,20). The number of benzene rings is 1. The van der Waals surface area contributed by atoms with Gasteiger partial charge in [-0.15, -0.1) is 0 Å². The maximum absolute atomic E-state index is 12.4. The molecule has 1 heterocycles. The van der Waals surface area contributed by atoms with Crippen LogP contribution < -0.4 is 10.6 Å². The zero-order valence-corrected chi connectivity index (χ0v) is 12.0. The van der Waals surface area contributed by atoms with Crippen molar-refractivity contribution in [1.82, 2.24) is 10.6 Å². The second-order valence-electron chi connectivity index (χ2n) is 6.07. The third-order valence-electron chi connectivity index (χ3n) is 4.70. The maximum atomic E-state index is 12.4. The maximum Gasteiger partial charge on any atom is 0.241 e. The first-order valence-electron chi connectivity index (χ1n) is 7.93. The molecule has 3 rings (SSSR count). The molecule has 1 fully saturated rings. The van der Waals surface area contributed by atoms with E-state index in [1.54, 1.807) is 0 Å². The quantitative estimate of drug-likeness (QED) is 0.884. The first kappa shape index (κ1) is 13.6. The summed E-state index contributed by atoms with van der Waals surface area (Å²) in [6, 6.07) is 8.12. The molecule has 0 radical (unpaired) electrons. The molecular weight excluding hydrogens is 248 g/mol. The predicted molar refractivity (Wildman–Crippen MR) is 80.5 cm³/mol. The molecule has 1 aliphatic carbocycles. The van der Waals surface area contributed by atoms with Crippen LogP contribution in [0, 0.1) is 5.92 Å². The minimum Gasteiger partial charge on any atom is -0.354 e. The zero-order valence-electron chi connectivity index (χ0n) is 12.0. The Labute approximate surface area is 121 Å². The minimum atomic E-state index is -0.163. The summed E-state index contributed by atoms with van der Waals surface area (Å²) < 4.78 is 0. The molecule has 1 amide bonds. The lowest BCUT2D eigenvalue weighted by molar-refractivity contribution is -0.123. The number of hydrogen-bond acceptors (Lipinski definition) is 2. The second kappa shape index (κ2) is 6.40. The van der Waals surface area contributed by atoms with Crippen molar-refractivity contribution in [2.45, 2.75) is 44.6 Å². The van der Waals surface area contributed by atoms with Crippen molar-refractivity contribution >= 4 is 5.91 Å². The molecule has 0 spiro atoms. The summed E-state index contributed by atoms with van der Waals surface area (Å²) in [7, 11) is 0. The van der Waals surface area contributed by atoms with Gasteiger partial charge in [0, 0.05) is 13.1 Å². The van der Waals surface area contributed by atoms with Gasteiger partial charge in [-0.3, -0.25) is 4.79 Å². The number of nitrogens with one attached hydrogen (secondary N) is 2. The lowest BCUT2D eigenvalue weighted by atomic mass is 9.94. The Kier molecular flexibility index (Phi) is 4.36.